The van der Waals surface area contributed by atoms with Crippen LogP contribution in [0.2, 0.25) is 5.02 Å². The van der Waals surface area contributed by atoms with Crippen LogP contribution in [0.15, 0.2) is 42.5 Å². The number of aromatic nitrogens is 2. The predicted octanol–water partition coefficient (Wildman–Crippen LogP) is 5.16. The average Bonchev–Trinajstić information content (AvgIpc) is 3.28. The molecule has 1 unspecified atom stereocenters. The number of hydrogen-bond donors (Lipinski definition) is 1. The third-order valence-electron chi connectivity index (χ3n) is 6.71. The van der Waals surface area contributed by atoms with Crippen LogP contribution >= 0.6 is 23.4 Å². The number of rotatable bonds is 10. The molecule has 0 bridgehead atoms. The Morgan fingerprint density at radius 2 is 1.88 bits per heavy atom. The van der Waals surface area contributed by atoms with Gasteiger partial charge < -0.3 is 19.5 Å². The molecule has 0 spiro atoms. The van der Waals surface area contributed by atoms with Gasteiger partial charge in [-0.15, -0.1) is 11.8 Å². The maximum absolute atomic E-state index is 13.8. The number of ether oxygens (including phenoxy) is 3. The Balaban J connectivity index is 1.93. The monoisotopic (exact) mass is 600 g/mol. The Bertz CT molecular complexity index is 1400. The lowest BCUT2D eigenvalue weighted by molar-refractivity contribution is -0.122. The van der Waals surface area contributed by atoms with Crippen LogP contribution in [-0.4, -0.2) is 68.4 Å². The van der Waals surface area contributed by atoms with Crippen molar-refractivity contribution in [2.24, 2.45) is 0 Å². The Hall–Kier alpha value is -3.21. The summed E-state index contributed by atoms with van der Waals surface area (Å²) in [5.41, 5.74) is 2.93. The van der Waals surface area contributed by atoms with Crippen LogP contribution in [0.3, 0.4) is 0 Å². The predicted molar refractivity (Wildman–Crippen MR) is 163 cm³/mol. The van der Waals surface area contributed by atoms with Crippen molar-refractivity contribution in [3.05, 3.63) is 64.3 Å². The SMILES string of the molecule is COCCCNC(=O)CN1C(=O)CSC(c2ccc(OC)c(OC)c2)c2c(C(C)(C)C)nn(-c3cccc(Cl)c3)c21. The number of nitrogens with one attached hydrogen (secondary N) is 1. The second kappa shape index (κ2) is 13.2. The lowest BCUT2D eigenvalue weighted by Gasteiger charge is -2.25. The van der Waals surface area contributed by atoms with E-state index in [0.717, 1.165) is 16.8 Å². The number of thioether (sulfide) groups is 1. The first kappa shape index (κ1) is 30.7. The average molecular weight is 601 g/mol. The molecule has 1 aliphatic heterocycles. The molecule has 0 radical (unpaired) electrons. The van der Waals surface area contributed by atoms with E-state index < -0.39 is 0 Å². The Kier molecular flexibility index (Phi) is 9.88. The molecule has 2 heterocycles. The summed E-state index contributed by atoms with van der Waals surface area (Å²) in [6.45, 7) is 7.11. The van der Waals surface area contributed by atoms with Gasteiger partial charge in [-0.2, -0.15) is 5.10 Å². The summed E-state index contributed by atoms with van der Waals surface area (Å²) >= 11 is 7.90. The van der Waals surface area contributed by atoms with Crippen molar-refractivity contribution < 1.29 is 23.8 Å². The summed E-state index contributed by atoms with van der Waals surface area (Å²) in [5.74, 6) is 1.49. The summed E-state index contributed by atoms with van der Waals surface area (Å²) in [6.07, 6.45) is 0.674. The second-order valence-electron chi connectivity index (χ2n) is 10.7. The maximum Gasteiger partial charge on any atom is 0.240 e. The zero-order valence-electron chi connectivity index (χ0n) is 24.3. The van der Waals surface area contributed by atoms with Gasteiger partial charge in [0.15, 0.2) is 11.5 Å². The Labute approximate surface area is 250 Å². The highest BCUT2D eigenvalue weighted by atomic mass is 35.5. The van der Waals surface area contributed by atoms with Gasteiger partial charge in [0.25, 0.3) is 0 Å². The minimum Gasteiger partial charge on any atom is -0.493 e. The number of anilines is 1. The smallest absolute Gasteiger partial charge is 0.240 e. The number of amides is 2. The van der Waals surface area contributed by atoms with E-state index in [-0.39, 0.29) is 34.8 Å². The van der Waals surface area contributed by atoms with Gasteiger partial charge in [0.2, 0.25) is 11.8 Å². The number of methoxy groups -OCH3 is 3. The summed E-state index contributed by atoms with van der Waals surface area (Å²) < 4.78 is 17.9. The fraction of sp³-hybridized carbons (Fsp3) is 0.433. The molecule has 0 fully saturated rings. The van der Waals surface area contributed by atoms with E-state index in [4.69, 9.17) is 30.9 Å². The number of hydrogen-bond acceptors (Lipinski definition) is 7. The van der Waals surface area contributed by atoms with Crippen molar-refractivity contribution in [1.82, 2.24) is 15.1 Å². The van der Waals surface area contributed by atoms with Crippen LogP contribution in [-0.2, 0) is 19.7 Å². The van der Waals surface area contributed by atoms with Gasteiger partial charge in [-0.1, -0.05) is 44.5 Å². The Morgan fingerprint density at radius 3 is 2.54 bits per heavy atom. The molecular weight excluding hydrogens is 564 g/mol. The molecule has 0 saturated carbocycles. The zero-order valence-corrected chi connectivity index (χ0v) is 25.9. The van der Waals surface area contributed by atoms with Crippen molar-refractivity contribution in [1.29, 1.82) is 0 Å². The summed E-state index contributed by atoms with van der Waals surface area (Å²) in [7, 11) is 4.82. The van der Waals surface area contributed by atoms with E-state index in [1.807, 2.05) is 30.3 Å². The van der Waals surface area contributed by atoms with E-state index in [9.17, 15) is 9.59 Å². The molecular formula is C30H37ClN4O5S. The fourth-order valence-corrected chi connectivity index (χ4v) is 6.16. The first-order chi connectivity index (χ1) is 19.6. The number of nitrogens with zero attached hydrogens (tertiary/aromatic N) is 3. The molecule has 0 saturated heterocycles. The van der Waals surface area contributed by atoms with Crippen LogP contribution < -0.4 is 19.7 Å². The number of carbonyl (C=O) groups excluding carboxylic acids is 2. The van der Waals surface area contributed by atoms with Crippen molar-refractivity contribution in [2.75, 3.05) is 51.7 Å². The van der Waals surface area contributed by atoms with Gasteiger partial charge in [-0.25, -0.2) is 4.68 Å². The minimum absolute atomic E-state index is 0.145. The molecule has 3 aromatic rings. The molecule has 1 N–H and O–H groups in total. The van der Waals surface area contributed by atoms with E-state index in [1.54, 1.807) is 43.0 Å². The molecule has 2 aromatic carbocycles. The largest absolute Gasteiger partial charge is 0.493 e. The molecule has 2 amide bonds. The van der Waals surface area contributed by atoms with Gasteiger partial charge in [0, 0.05) is 36.3 Å². The summed E-state index contributed by atoms with van der Waals surface area (Å²) in [5, 5.41) is 8.27. The summed E-state index contributed by atoms with van der Waals surface area (Å²) in [4.78, 5) is 28.5. The van der Waals surface area contributed by atoms with E-state index in [1.165, 1.54) is 11.8 Å². The van der Waals surface area contributed by atoms with Crippen LogP contribution in [0.5, 0.6) is 11.5 Å². The van der Waals surface area contributed by atoms with E-state index in [0.29, 0.717) is 47.6 Å². The fourth-order valence-electron chi connectivity index (χ4n) is 4.78. The molecule has 4 rings (SSSR count). The van der Waals surface area contributed by atoms with Crippen molar-refractivity contribution in [3.8, 4) is 17.2 Å². The standard InChI is InChI=1S/C30H37ClN4O5S/c1-30(2,3)28-26-27(19-11-12-22(39-5)23(15-19)40-6)41-18-25(37)34(17-24(36)32-13-8-14-38-4)29(26)35(33-28)21-10-7-9-20(31)16-21/h7,9-12,15-16,27H,8,13-14,17-18H2,1-6H3,(H,32,36). The lowest BCUT2D eigenvalue weighted by Crippen LogP contribution is -2.42. The summed E-state index contributed by atoms with van der Waals surface area (Å²) in [6, 6.07) is 13.1. The third-order valence-corrected chi connectivity index (χ3v) is 8.20. The van der Waals surface area contributed by atoms with Gasteiger partial charge in [-0.05, 0) is 42.3 Å². The molecule has 220 valence electrons. The van der Waals surface area contributed by atoms with Gasteiger partial charge in [-0.3, -0.25) is 14.5 Å². The molecule has 1 aliphatic rings. The van der Waals surface area contributed by atoms with E-state index >= 15 is 0 Å². The third kappa shape index (κ3) is 6.82. The van der Waals surface area contributed by atoms with Crippen LogP contribution in [0.1, 0.15) is 49.3 Å². The highest BCUT2D eigenvalue weighted by Gasteiger charge is 2.40. The maximum atomic E-state index is 13.8. The normalized spacial score (nSPS) is 15.3. The highest BCUT2D eigenvalue weighted by Crippen LogP contribution is 2.49. The number of carbonyl (C=O) groups is 2. The van der Waals surface area contributed by atoms with Crippen molar-refractivity contribution in [2.45, 2.75) is 37.9 Å². The van der Waals surface area contributed by atoms with Gasteiger partial charge >= 0.3 is 0 Å². The minimum atomic E-state index is -0.384. The number of benzene rings is 2. The second-order valence-corrected chi connectivity index (χ2v) is 12.2. The van der Waals surface area contributed by atoms with Crippen LogP contribution in [0, 0.1) is 0 Å². The quantitative estimate of drug-likeness (QED) is 0.321. The molecule has 1 aromatic heterocycles. The highest BCUT2D eigenvalue weighted by molar-refractivity contribution is 8.00. The Morgan fingerprint density at radius 1 is 1.12 bits per heavy atom. The molecule has 0 aliphatic carbocycles. The van der Waals surface area contributed by atoms with E-state index in [2.05, 4.69) is 26.1 Å². The molecule has 1 atom stereocenters. The van der Waals surface area contributed by atoms with Crippen molar-refractivity contribution in [3.63, 3.8) is 0 Å². The molecule has 11 heteroatoms. The van der Waals surface area contributed by atoms with Gasteiger partial charge in [0.1, 0.15) is 12.4 Å². The van der Waals surface area contributed by atoms with Crippen molar-refractivity contribution >= 4 is 41.0 Å². The zero-order chi connectivity index (χ0) is 29.7. The molecule has 41 heavy (non-hydrogen) atoms. The first-order valence-corrected chi connectivity index (χ1v) is 14.8. The van der Waals surface area contributed by atoms with Crippen LogP contribution in [0.4, 0.5) is 5.82 Å². The first-order valence-electron chi connectivity index (χ1n) is 13.4. The topological polar surface area (TPSA) is 94.9 Å². The molecule has 9 nitrogen and oxygen atoms in total. The number of halogens is 1. The number of fused-ring (bicyclic) bond motifs is 1. The van der Waals surface area contributed by atoms with Crippen LogP contribution in [0.25, 0.3) is 5.69 Å². The van der Waals surface area contributed by atoms with Gasteiger partial charge in [0.05, 0.1) is 36.6 Å². The lowest BCUT2D eigenvalue weighted by atomic mass is 9.87.